The Morgan fingerprint density at radius 1 is 1.19 bits per heavy atom. The normalized spacial score (nSPS) is 38.8. The van der Waals surface area contributed by atoms with E-state index in [-0.39, 0.29) is 17.5 Å². The van der Waals surface area contributed by atoms with Crippen LogP contribution < -0.4 is 15.5 Å². The predicted molar refractivity (Wildman–Crippen MR) is 83.0 cm³/mol. The van der Waals surface area contributed by atoms with Crippen LogP contribution in [-0.4, -0.2) is 44.7 Å². The van der Waals surface area contributed by atoms with Crippen molar-refractivity contribution in [2.45, 2.75) is 57.0 Å². The monoisotopic (exact) mass is 295 g/mol. The Labute approximate surface area is 129 Å². The Balaban J connectivity index is 1.52. The fourth-order valence-electron chi connectivity index (χ4n) is 5.37. The van der Waals surface area contributed by atoms with Crippen LogP contribution in [0.5, 0.6) is 0 Å². The van der Waals surface area contributed by atoms with Crippen LogP contribution in [-0.2, 0) is 4.79 Å². The topological polar surface area (TPSA) is 50.2 Å². The van der Waals surface area contributed by atoms with Gasteiger partial charge in [0.1, 0.15) is 13.1 Å². The van der Waals surface area contributed by atoms with E-state index in [0.29, 0.717) is 0 Å². The lowest BCUT2D eigenvalue weighted by atomic mass is 9.53. The Morgan fingerprint density at radius 2 is 1.71 bits per heavy atom. The van der Waals surface area contributed by atoms with Crippen LogP contribution in [0.2, 0.25) is 0 Å². The SMILES string of the molecule is C[C@H]([NH2+]CC[NH+](C)C)C(=O)NC12CC3CC(CC(C3)C1)C2. The predicted octanol–water partition coefficient (Wildman–Crippen LogP) is -0.832. The van der Waals surface area contributed by atoms with Crippen LogP contribution in [0.15, 0.2) is 0 Å². The number of hydrogen-bond donors (Lipinski definition) is 3. The van der Waals surface area contributed by atoms with Crippen LogP contribution in [0.3, 0.4) is 0 Å². The number of carbonyl (C=O) groups excluding carboxylic acids is 1. The summed E-state index contributed by atoms with van der Waals surface area (Å²) < 4.78 is 0. The third-order valence-electron chi connectivity index (χ3n) is 6.00. The number of nitrogens with one attached hydrogen (secondary N) is 2. The van der Waals surface area contributed by atoms with Crippen molar-refractivity contribution in [3.63, 3.8) is 0 Å². The van der Waals surface area contributed by atoms with Gasteiger partial charge in [-0.05, 0) is 63.2 Å². The van der Waals surface area contributed by atoms with Gasteiger partial charge < -0.3 is 15.5 Å². The Morgan fingerprint density at radius 3 is 2.19 bits per heavy atom. The molecule has 1 amide bonds. The molecule has 0 aromatic carbocycles. The maximum atomic E-state index is 12.6. The highest BCUT2D eigenvalue weighted by Gasteiger charge is 2.51. The molecule has 0 aromatic rings. The van der Waals surface area contributed by atoms with E-state index >= 15 is 0 Å². The third-order valence-corrected chi connectivity index (χ3v) is 6.00. The van der Waals surface area contributed by atoms with Gasteiger partial charge in [-0.3, -0.25) is 4.79 Å². The van der Waals surface area contributed by atoms with E-state index in [9.17, 15) is 4.79 Å². The molecule has 21 heavy (non-hydrogen) atoms. The molecule has 4 nitrogen and oxygen atoms in total. The highest BCUT2D eigenvalue weighted by Crippen LogP contribution is 2.55. The molecule has 0 aromatic heterocycles. The number of quaternary nitrogens is 2. The molecule has 1 atom stereocenters. The molecule has 0 aliphatic heterocycles. The van der Waals surface area contributed by atoms with Crippen molar-refractivity contribution in [3.05, 3.63) is 0 Å². The van der Waals surface area contributed by atoms with Crippen LogP contribution in [0.1, 0.15) is 45.4 Å². The van der Waals surface area contributed by atoms with Gasteiger partial charge in [0.15, 0.2) is 6.04 Å². The van der Waals surface area contributed by atoms with Crippen molar-refractivity contribution in [2.24, 2.45) is 17.8 Å². The lowest BCUT2D eigenvalue weighted by Gasteiger charge is -2.57. The van der Waals surface area contributed by atoms with Gasteiger partial charge in [-0.2, -0.15) is 0 Å². The summed E-state index contributed by atoms with van der Waals surface area (Å²) in [6, 6.07) is 0.0531. The van der Waals surface area contributed by atoms with Crippen molar-refractivity contribution in [3.8, 4) is 0 Å². The summed E-state index contributed by atoms with van der Waals surface area (Å²) in [5, 5.41) is 5.68. The lowest BCUT2D eigenvalue weighted by Crippen LogP contribution is -3.10. The second-order valence-corrected chi connectivity index (χ2v) is 8.46. The second-order valence-electron chi connectivity index (χ2n) is 8.46. The molecule has 4 fully saturated rings. The molecule has 4 saturated carbocycles. The summed E-state index contributed by atoms with van der Waals surface area (Å²) >= 11 is 0. The summed E-state index contributed by atoms with van der Waals surface area (Å²) in [7, 11) is 4.32. The Bertz CT molecular complexity index is 358. The van der Waals surface area contributed by atoms with Crippen molar-refractivity contribution in [1.29, 1.82) is 0 Å². The molecular formula is C17H33N3O+2. The van der Waals surface area contributed by atoms with Gasteiger partial charge in [0.25, 0.3) is 5.91 Å². The first-order valence-corrected chi connectivity index (χ1v) is 8.90. The molecule has 0 unspecified atom stereocenters. The Kier molecular flexibility index (Phi) is 4.28. The summed E-state index contributed by atoms with van der Waals surface area (Å²) in [4.78, 5) is 14.0. The van der Waals surface area contributed by atoms with E-state index in [1.54, 1.807) is 0 Å². The average molecular weight is 295 g/mol. The highest BCUT2D eigenvalue weighted by atomic mass is 16.2. The lowest BCUT2D eigenvalue weighted by molar-refractivity contribution is -0.875. The molecule has 0 saturated heterocycles. The third kappa shape index (κ3) is 3.42. The zero-order valence-corrected chi connectivity index (χ0v) is 14.0. The number of rotatable bonds is 6. The fraction of sp³-hybridized carbons (Fsp3) is 0.941. The molecule has 0 radical (unpaired) electrons. The van der Waals surface area contributed by atoms with Crippen molar-refractivity contribution >= 4 is 5.91 Å². The van der Waals surface area contributed by atoms with E-state index in [4.69, 9.17) is 0 Å². The van der Waals surface area contributed by atoms with E-state index in [2.05, 4.69) is 31.7 Å². The van der Waals surface area contributed by atoms with E-state index in [0.717, 1.165) is 30.8 Å². The number of hydrogen-bond acceptors (Lipinski definition) is 1. The van der Waals surface area contributed by atoms with Gasteiger partial charge in [0.2, 0.25) is 0 Å². The van der Waals surface area contributed by atoms with Crippen LogP contribution in [0.4, 0.5) is 0 Å². The molecule has 4 heteroatoms. The summed E-state index contributed by atoms with van der Waals surface area (Å²) in [6.07, 6.45) is 8.05. The van der Waals surface area contributed by atoms with E-state index in [1.807, 2.05) is 0 Å². The number of likely N-dealkylation sites (N-methyl/N-ethyl adjacent to an activating group) is 1. The summed E-state index contributed by atoms with van der Waals surface area (Å²) in [6.45, 7) is 4.19. The minimum absolute atomic E-state index is 0.0531. The zero-order valence-electron chi connectivity index (χ0n) is 14.0. The summed E-state index contributed by atoms with van der Waals surface area (Å²) in [5.41, 5.74) is 0.167. The highest BCUT2D eigenvalue weighted by molar-refractivity contribution is 5.80. The van der Waals surface area contributed by atoms with Crippen molar-refractivity contribution in [2.75, 3.05) is 27.2 Å². The number of amides is 1. The largest absolute Gasteiger partial charge is 0.345 e. The van der Waals surface area contributed by atoms with Crippen molar-refractivity contribution in [1.82, 2.24) is 5.32 Å². The molecule has 4 aliphatic rings. The fourth-order valence-corrected chi connectivity index (χ4v) is 5.37. The first kappa shape index (κ1) is 15.3. The zero-order chi connectivity index (χ0) is 15.0. The number of nitrogens with two attached hydrogens (primary N) is 1. The van der Waals surface area contributed by atoms with Gasteiger partial charge in [-0.1, -0.05) is 0 Å². The van der Waals surface area contributed by atoms with Crippen LogP contribution in [0, 0.1) is 17.8 Å². The smallest absolute Gasteiger partial charge is 0.278 e. The number of carbonyl (C=O) groups is 1. The van der Waals surface area contributed by atoms with E-state index in [1.165, 1.54) is 43.4 Å². The molecule has 0 heterocycles. The molecular weight excluding hydrogens is 262 g/mol. The van der Waals surface area contributed by atoms with Crippen LogP contribution >= 0.6 is 0 Å². The summed E-state index contributed by atoms with van der Waals surface area (Å²) in [5.74, 6) is 2.96. The van der Waals surface area contributed by atoms with Gasteiger partial charge in [0, 0.05) is 5.54 Å². The second kappa shape index (κ2) is 5.88. The van der Waals surface area contributed by atoms with Gasteiger partial charge in [-0.25, -0.2) is 0 Å². The minimum atomic E-state index is 0.0531. The quantitative estimate of drug-likeness (QED) is 0.588. The molecule has 4 rings (SSSR count). The first-order chi connectivity index (χ1) is 9.96. The maximum absolute atomic E-state index is 12.6. The van der Waals surface area contributed by atoms with E-state index < -0.39 is 0 Å². The standard InChI is InChI=1S/C17H31N3O/c1-12(18-4-5-20(2)3)16(21)19-17-9-13-6-14(10-17)8-15(7-13)11-17/h12-15,18H,4-11H2,1-3H3,(H,19,21)/p+2/t12-,13?,14?,15?,17?/m0/s1. The van der Waals surface area contributed by atoms with Gasteiger partial charge >= 0.3 is 0 Å². The first-order valence-electron chi connectivity index (χ1n) is 8.90. The van der Waals surface area contributed by atoms with Crippen LogP contribution in [0.25, 0.3) is 0 Å². The van der Waals surface area contributed by atoms with Gasteiger partial charge in [0.05, 0.1) is 14.1 Å². The average Bonchev–Trinajstić information content (AvgIpc) is 2.35. The molecule has 120 valence electrons. The van der Waals surface area contributed by atoms with Gasteiger partial charge in [-0.15, -0.1) is 0 Å². The van der Waals surface area contributed by atoms with Crippen molar-refractivity contribution < 1.29 is 15.0 Å². The molecule has 4 N–H and O–H groups in total. The molecule has 4 bridgehead atoms. The molecule has 4 aliphatic carbocycles. The Hall–Kier alpha value is -0.610. The minimum Gasteiger partial charge on any atom is -0.345 e. The maximum Gasteiger partial charge on any atom is 0.278 e. The molecule has 0 spiro atoms.